The summed E-state index contributed by atoms with van der Waals surface area (Å²) >= 11 is 0. The molecule has 1 aliphatic rings. The molecule has 3 N–H and O–H groups in total. The quantitative estimate of drug-likeness (QED) is 0.315. The second-order valence-electron chi connectivity index (χ2n) is 8.64. The first-order chi connectivity index (χ1) is 17.1. The zero-order valence-electron chi connectivity index (χ0n) is 19.9. The number of aliphatic hydroxyl groups is 2. The topological polar surface area (TPSA) is 116 Å². The molecular weight excluding hydrogens is 500 g/mol. The fourth-order valence-electron chi connectivity index (χ4n) is 3.68. The molecule has 1 unspecified atom stereocenters. The number of hydrogen-bond donors (Lipinski definition) is 3. The Morgan fingerprint density at radius 2 is 1.84 bits per heavy atom. The van der Waals surface area contributed by atoms with E-state index in [1.807, 2.05) is 0 Å². The number of carbonyl (C=O) groups is 3. The van der Waals surface area contributed by atoms with Gasteiger partial charge in [0.1, 0.15) is 17.0 Å². The Balaban J connectivity index is 1.99. The molecule has 0 spiro atoms. The highest BCUT2D eigenvalue weighted by Gasteiger charge is 2.55. The Kier molecular flexibility index (Phi) is 7.35. The molecule has 0 aliphatic carbocycles. The second kappa shape index (κ2) is 9.84. The Bertz CT molecular complexity index is 1330. The average Bonchev–Trinajstić information content (AvgIpc) is 3.11. The largest absolute Gasteiger partial charge is 0.497 e. The van der Waals surface area contributed by atoms with Crippen LogP contribution in [0.1, 0.15) is 40.9 Å². The van der Waals surface area contributed by atoms with Crippen molar-refractivity contribution in [2.45, 2.75) is 32.4 Å². The molecule has 0 bridgehead atoms. The van der Waals surface area contributed by atoms with E-state index < -0.39 is 46.5 Å². The number of methoxy groups -OCH3 is 1. The van der Waals surface area contributed by atoms with Crippen LogP contribution in [0.25, 0.3) is 0 Å². The molecule has 3 amide bonds. The second-order valence-corrected chi connectivity index (χ2v) is 8.64. The van der Waals surface area contributed by atoms with Crippen molar-refractivity contribution in [3.05, 3.63) is 64.5 Å². The molecule has 0 aromatic heterocycles. The third-order valence-electron chi connectivity index (χ3n) is 5.71. The molecule has 0 fully saturated rings. The minimum atomic E-state index is -5.61. The lowest BCUT2D eigenvalue weighted by molar-refractivity contribution is -0.359. The maximum absolute atomic E-state index is 14.0. The van der Waals surface area contributed by atoms with E-state index >= 15 is 0 Å². The zero-order valence-corrected chi connectivity index (χ0v) is 19.9. The molecule has 2 aromatic rings. The van der Waals surface area contributed by atoms with Crippen LogP contribution >= 0.6 is 0 Å². The van der Waals surface area contributed by atoms with Gasteiger partial charge in [0.05, 0.1) is 12.7 Å². The molecule has 1 aliphatic heterocycles. The van der Waals surface area contributed by atoms with Gasteiger partial charge in [0.25, 0.3) is 11.7 Å². The first-order valence-electron chi connectivity index (χ1n) is 10.7. The number of nitrogens with zero attached hydrogens (tertiary/aromatic N) is 1. The Morgan fingerprint density at radius 1 is 1.16 bits per heavy atom. The van der Waals surface area contributed by atoms with Crippen LogP contribution in [0.3, 0.4) is 0 Å². The van der Waals surface area contributed by atoms with Gasteiger partial charge >= 0.3 is 6.18 Å². The lowest BCUT2D eigenvalue weighted by Gasteiger charge is -2.28. The number of benzene rings is 2. The number of ether oxygens (including phenoxy) is 1. The lowest BCUT2D eigenvalue weighted by atomic mass is 9.88. The van der Waals surface area contributed by atoms with Gasteiger partial charge in [0.15, 0.2) is 0 Å². The minimum Gasteiger partial charge on any atom is -0.497 e. The molecule has 0 radical (unpaired) electrons. The summed E-state index contributed by atoms with van der Waals surface area (Å²) in [5.41, 5.74) is -2.51. The third kappa shape index (κ3) is 5.58. The molecule has 37 heavy (non-hydrogen) atoms. The molecule has 1 heterocycles. The Labute approximate surface area is 208 Å². The number of nitrogens with one attached hydrogen (secondary N) is 1. The van der Waals surface area contributed by atoms with E-state index in [4.69, 9.17) is 4.74 Å². The maximum Gasteiger partial charge on any atom is 0.447 e. The van der Waals surface area contributed by atoms with Crippen molar-refractivity contribution in [1.82, 2.24) is 10.2 Å². The SMILES string of the molecule is COc1ccc2c(c1)C(=O)N(CC(C)(C#Cc1ccc(F)c(C(O)(O)C(F)(F)F)c1)C(=O)NC(C)=O)C2. The molecule has 8 nitrogen and oxygen atoms in total. The van der Waals surface area contributed by atoms with Gasteiger partial charge in [-0.2, -0.15) is 13.2 Å². The highest BCUT2D eigenvalue weighted by Crippen LogP contribution is 2.38. The highest BCUT2D eigenvalue weighted by atomic mass is 19.4. The van der Waals surface area contributed by atoms with Crippen molar-refractivity contribution in [1.29, 1.82) is 0 Å². The monoisotopic (exact) mass is 522 g/mol. The van der Waals surface area contributed by atoms with Crippen molar-refractivity contribution >= 4 is 17.7 Å². The summed E-state index contributed by atoms with van der Waals surface area (Å²) in [4.78, 5) is 38.7. The van der Waals surface area contributed by atoms with Gasteiger partial charge in [-0.1, -0.05) is 17.9 Å². The van der Waals surface area contributed by atoms with Crippen molar-refractivity contribution in [2.75, 3.05) is 13.7 Å². The van der Waals surface area contributed by atoms with Crippen LogP contribution in [-0.2, 0) is 21.9 Å². The molecule has 0 saturated heterocycles. The smallest absolute Gasteiger partial charge is 0.447 e. The van der Waals surface area contributed by atoms with E-state index in [2.05, 4.69) is 17.2 Å². The van der Waals surface area contributed by atoms with Crippen LogP contribution in [-0.4, -0.2) is 52.7 Å². The number of fused-ring (bicyclic) bond motifs is 1. The number of rotatable bonds is 5. The van der Waals surface area contributed by atoms with Gasteiger partial charge in [-0.25, -0.2) is 4.39 Å². The molecule has 1 atom stereocenters. The molecule has 196 valence electrons. The van der Waals surface area contributed by atoms with Gasteiger partial charge in [-0.05, 0) is 42.8 Å². The number of hydrogen-bond acceptors (Lipinski definition) is 6. The molecule has 12 heteroatoms. The van der Waals surface area contributed by atoms with Crippen LogP contribution in [0.15, 0.2) is 36.4 Å². The van der Waals surface area contributed by atoms with E-state index in [1.165, 1.54) is 25.0 Å². The van der Waals surface area contributed by atoms with Gasteiger partial charge in [0.2, 0.25) is 11.8 Å². The van der Waals surface area contributed by atoms with E-state index in [0.717, 1.165) is 13.0 Å². The third-order valence-corrected chi connectivity index (χ3v) is 5.71. The summed E-state index contributed by atoms with van der Waals surface area (Å²) in [5.74, 6) is -2.64. The number of amides is 3. The van der Waals surface area contributed by atoms with E-state index in [0.29, 0.717) is 29.0 Å². The van der Waals surface area contributed by atoms with Gasteiger partial charge < -0.3 is 19.8 Å². The van der Waals surface area contributed by atoms with Crippen molar-refractivity contribution in [3.63, 3.8) is 0 Å². The van der Waals surface area contributed by atoms with Crippen LogP contribution in [0, 0.1) is 23.1 Å². The normalized spacial score (nSPS) is 14.8. The fraction of sp³-hybridized carbons (Fsp3) is 0.320. The Hall–Kier alpha value is -3.95. The van der Waals surface area contributed by atoms with Crippen LogP contribution in [0.5, 0.6) is 5.75 Å². The summed E-state index contributed by atoms with van der Waals surface area (Å²) in [7, 11) is 1.44. The summed E-state index contributed by atoms with van der Waals surface area (Å²) in [5, 5.41) is 21.0. The molecule has 0 saturated carbocycles. The van der Waals surface area contributed by atoms with Crippen molar-refractivity contribution < 1.29 is 46.9 Å². The first kappa shape index (κ1) is 27.6. The summed E-state index contributed by atoms with van der Waals surface area (Å²) in [6.45, 7) is 2.21. The van der Waals surface area contributed by atoms with Crippen molar-refractivity contribution in [3.8, 4) is 17.6 Å². The molecule has 2 aromatic carbocycles. The van der Waals surface area contributed by atoms with Crippen LogP contribution in [0.2, 0.25) is 0 Å². The minimum absolute atomic E-state index is 0.118. The summed E-state index contributed by atoms with van der Waals surface area (Å²) < 4.78 is 58.2. The first-order valence-corrected chi connectivity index (χ1v) is 10.7. The maximum atomic E-state index is 14.0. The van der Waals surface area contributed by atoms with Gasteiger partial charge in [0, 0.05) is 31.1 Å². The van der Waals surface area contributed by atoms with Crippen LogP contribution in [0.4, 0.5) is 17.6 Å². The summed E-state index contributed by atoms with van der Waals surface area (Å²) in [6, 6.07) is 6.90. The van der Waals surface area contributed by atoms with Crippen LogP contribution < -0.4 is 10.1 Å². The van der Waals surface area contributed by atoms with Gasteiger partial charge in [-0.15, -0.1) is 0 Å². The number of alkyl halides is 3. The highest BCUT2D eigenvalue weighted by molar-refractivity contribution is 6.01. The zero-order chi connectivity index (χ0) is 27.8. The fourth-order valence-corrected chi connectivity index (χ4v) is 3.68. The lowest BCUT2D eigenvalue weighted by Crippen LogP contribution is -2.47. The number of halogens is 4. The predicted octanol–water partition coefficient (Wildman–Crippen LogP) is 2.21. The van der Waals surface area contributed by atoms with E-state index in [-0.39, 0.29) is 18.7 Å². The summed E-state index contributed by atoms with van der Waals surface area (Å²) in [6.07, 6.45) is -5.61. The predicted molar refractivity (Wildman–Crippen MR) is 120 cm³/mol. The van der Waals surface area contributed by atoms with E-state index in [1.54, 1.807) is 12.1 Å². The number of carbonyl (C=O) groups excluding carboxylic acids is 3. The Morgan fingerprint density at radius 3 is 2.43 bits per heavy atom. The van der Waals surface area contributed by atoms with E-state index in [9.17, 15) is 42.2 Å². The number of imide groups is 1. The molecular formula is C25H22F4N2O6. The van der Waals surface area contributed by atoms with Crippen molar-refractivity contribution in [2.24, 2.45) is 5.41 Å². The molecule has 3 rings (SSSR count). The van der Waals surface area contributed by atoms with Gasteiger partial charge in [-0.3, -0.25) is 19.7 Å². The average molecular weight is 522 g/mol. The standard InChI is InChI=1S/C25H22F4N2O6/c1-14(32)30-22(34)23(2,13-31-12-16-5-6-17(37-3)11-18(16)21(31)33)9-8-15-4-7-20(26)19(10-15)24(35,36)25(27,28)29/h4-7,10-11,35-36H,12-13H2,1-3H3,(H,30,32,34).